The third-order valence-corrected chi connectivity index (χ3v) is 4.80. The summed E-state index contributed by atoms with van der Waals surface area (Å²) >= 11 is 1.92. The van der Waals surface area contributed by atoms with Crippen molar-refractivity contribution in [2.24, 2.45) is 0 Å². The molecular formula is C14H26N2O4S. The molecule has 0 spiro atoms. The lowest BCUT2D eigenvalue weighted by Gasteiger charge is -2.18. The summed E-state index contributed by atoms with van der Waals surface area (Å²) in [5.41, 5.74) is 0. The molecule has 1 aliphatic carbocycles. The number of aliphatic carboxylic acids is 1. The Bertz CT molecular complexity index is 341. The predicted molar refractivity (Wildman–Crippen MR) is 83.8 cm³/mol. The zero-order valence-electron chi connectivity index (χ0n) is 12.8. The Labute approximate surface area is 130 Å². The lowest BCUT2D eigenvalue weighted by molar-refractivity contribution is -0.139. The molecule has 3 atom stereocenters. The Kier molecular flexibility index (Phi) is 8.52. The summed E-state index contributed by atoms with van der Waals surface area (Å²) in [6.07, 6.45) is 4.02. The average molecular weight is 318 g/mol. The van der Waals surface area contributed by atoms with Crippen LogP contribution in [-0.2, 0) is 9.53 Å². The number of hydrogen-bond donors (Lipinski definition) is 3. The van der Waals surface area contributed by atoms with Crippen LogP contribution < -0.4 is 10.6 Å². The molecule has 1 fully saturated rings. The minimum absolute atomic E-state index is 0.155. The van der Waals surface area contributed by atoms with Crippen molar-refractivity contribution < 1.29 is 19.4 Å². The summed E-state index contributed by atoms with van der Waals surface area (Å²) in [6.45, 7) is 2.63. The van der Waals surface area contributed by atoms with E-state index in [1.165, 1.54) is 0 Å². The molecule has 0 bridgehead atoms. The number of carbonyl (C=O) groups excluding carboxylic acids is 1. The largest absolute Gasteiger partial charge is 0.480 e. The molecule has 1 rings (SSSR count). The highest BCUT2D eigenvalue weighted by Gasteiger charge is 2.27. The van der Waals surface area contributed by atoms with Gasteiger partial charge in [-0.05, 0) is 37.9 Å². The van der Waals surface area contributed by atoms with Gasteiger partial charge < -0.3 is 20.5 Å². The Balaban J connectivity index is 2.31. The predicted octanol–water partition coefficient (Wildman–Crippen LogP) is 1.84. The van der Waals surface area contributed by atoms with E-state index in [9.17, 15) is 9.59 Å². The van der Waals surface area contributed by atoms with Crippen LogP contribution in [0.2, 0.25) is 0 Å². The SMILES string of the molecule is CCSC1CCC(NC(=O)NC(CCCOC)C(=O)O)C1. The van der Waals surface area contributed by atoms with Crippen LogP contribution in [0.25, 0.3) is 0 Å². The molecule has 0 aromatic carbocycles. The van der Waals surface area contributed by atoms with Gasteiger partial charge in [0.15, 0.2) is 0 Å². The van der Waals surface area contributed by atoms with Gasteiger partial charge in [0.1, 0.15) is 6.04 Å². The van der Waals surface area contributed by atoms with E-state index in [4.69, 9.17) is 9.84 Å². The summed E-state index contributed by atoms with van der Waals surface area (Å²) in [6, 6.07) is -1.09. The molecule has 122 valence electrons. The second-order valence-electron chi connectivity index (χ2n) is 5.23. The van der Waals surface area contributed by atoms with Crippen molar-refractivity contribution in [1.29, 1.82) is 0 Å². The van der Waals surface area contributed by atoms with Gasteiger partial charge in [-0.2, -0.15) is 11.8 Å². The minimum atomic E-state index is -1.01. The maximum absolute atomic E-state index is 11.9. The first-order valence-corrected chi connectivity index (χ1v) is 8.52. The number of hydrogen-bond acceptors (Lipinski definition) is 4. The van der Waals surface area contributed by atoms with Gasteiger partial charge in [-0.3, -0.25) is 0 Å². The van der Waals surface area contributed by atoms with Crippen molar-refractivity contribution in [2.75, 3.05) is 19.5 Å². The molecular weight excluding hydrogens is 292 g/mol. The summed E-state index contributed by atoms with van der Waals surface area (Å²) in [5.74, 6) is 0.0801. The van der Waals surface area contributed by atoms with Crippen molar-refractivity contribution >= 4 is 23.8 Å². The molecule has 0 saturated heterocycles. The van der Waals surface area contributed by atoms with Gasteiger partial charge in [0.2, 0.25) is 0 Å². The molecule has 0 aromatic rings. The van der Waals surface area contributed by atoms with Crippen LogP contribution in [0.5, 0.6) is 0 Å². The molecule has 0 aliphatic heterocycles. The number of rotatable bonds is 9. The summed E-state index contributed by atoms with van der Waals surface area (Å²) in [5, 5.41) is 15.1. The van der Waals surface area contributed by atoms with Crippen LogP contribution in [0.1, 0.15) is 39.0 Å². The van der Waals surface area contributed by atoms with Gasteiger partial charge in [0.05, 0.1) is 0 Å². The Hall–Kier alpha value is -0.950. The molecule has 1 saturated carbocycles. The lowest BCUT2D eigenvalue weighted by Crippen LogP contribution is -2.48. The molecule has 0 aromatic heterocycles. The monoisotopic (exact) mass is 318 g/mol. The first-order chi connectivity index (χ1) is 10.1. The fourth-order valence-corrected chi connectivity index (χ4v) is 3.68. The molecule has 3 unspecified atom stereocenters. The summed E-state index contributed by atoms with van der Waals surface area (Å²) in [7, 11) is 1.57. The first-order valence-electron chi connectivity index (χ1n) is 7.47. The van der Waals surface area contributed by atoms with E-state index in [1.807, 2.05) is 11.8 Å². The molecule has 6 nitrogen and oxygen atoms in total. The van der Waals surface area contributed by atoms with E-state index < -0.39 is 12.0 Å². The standard InChI is InChI=1S/C14H26N2O4S/c1-3-21-11-7-6-10(9-11)15-14(19)16-12(13(17)18)5-4-8-20-2/h10-12H,3-9H2,1-2H3,(H,17,18)(H2,15,16,19). The number of amides is 2. The van der Waals surface area contributed by atoms with Crippen molar-refractivity contribution in [3.8, 4) is 0 Å². The van der Waals surface area contributed by atoms with Crippen molar-refractivity contribution in [3.63, 3.8) is 0 Å². The van der Waals surface area contributed by atoms with Crippen LogP contribution in [-0.4, -0.2) is 53.9 Å². The van der Waals surface area contributed by atoms with Crippen LogP contribution in [0.15, 0.2) is 0 Å². The van der Waals surface area contributed by atoms with Crippen LogP contribution in [0, 0.1) is 0 Å². The summed E-state index contributed by atoms with van der Waals surface area (Å²) < 4.78 is 4.90. The van der Waals surface area contributed by atoms with Gasteiger partial charge >= 0.3 is 12.0 Å². The highest BCUT2D eigenvalue weighted by molar-refractivity contribution is 7.99. The van der Waals surface area contributed by atoms with E-state index in [0.29, 0.717) is 24.7 Å². The third-order valence-electron chi connectivity index (χ3n) is 3.57. The van der Waals surface area contributed by atoms with Crippen molar-refractivity contribution in [1.82, 2.24) is 10.6 Å². The van der Waals surface area contributed by atoms with Gasteiger partial charge in [-0.1, -0.05) is 6.92 Å². The van der Waals surface area contributed by atoms with Crippen molar-refractivity contribution in [3.05, 3.63) is 0 Å². The molecule has 2 amide bonds. The Morgan fingerprint density at radius 1 is 1.43 bits per heavy atom. The molecule has 7 heteroatoms. The molecule has 21 heavy (non-hydrogen) atoms. The van der Waals surface area contributed by atoms with E-state index in [0.717, 1.165) is 25.0 Å². The number of urea groups is 1. The van der Waals surface area contributed by atoms with Gasteiger partial charge in [-0.15, -0.1) is 0 Å². The highest BCUT2D eigenvalue weighted by Crippen LogP contribution is 2.29. The molecule has 1 aliphatic rings. The number of carboxylic acids is 1. The van der Waals surface area contributed by atoms with Crippen LogP contribution >= 0.6 is 11.8 Å². The second-order valence-corrected chi connectivity index (χ2v) is 6.81. The Morgan fingerprint density at radius 2 is 2.19 bits per heavy atom. The number of carboxylic acid groups (broad SMARTS) is 1. The first kappa shape index (κ1) is 18.1. The second kappa shape index (κ2) is 9.89. The van der Waals surface area contributed by atoms with E-state index in [-0.39, 0.29) is 12.1 Å². The third kappa shape index (κ3) is 7.04. The number of methoxy groups -OCH3 is 1. The van der Waals surface area contributed by atoms with Crippen LogP contribution in [0.3, 0.4) is 0 Å². The maximum Gasteiger partial charge on any atom is 0.326 e. The minimum Gasteiger partial charge on any atom is -0.480 e. The number of ether oxygens (including phenoxy) is 1. The van der Waals surface area contributed by atoms with Crippen molar-refractivity contribution in [2.45, 2.75) is 56.4 Å². The summed E-state index contributed by atoms with van der Waals surface area (Å²) in [4.78, 5) is 23.0. The number of carbonyl (C=O) groups is 2. The normalized spacial score (nSPS) is 22.8. The van der Waals surface area contributed by atoms with Gasteiger partial charge in [0, 0.05) is 25.0 Å². The maximum atomic E-state index is 11.9. The number of thioether (sulfide) groups is 1. The smallest absolute Gasteiger partial charge is 0.326 e. The fraction of sp³-hybridized carbons (Fsp3) is 0.857. The number of nitrogens with one attached hydrogen (secondary N) is 2. The molecule has 3 N–H and O–H groups in total. The van der Waals surface area contributed by atoms with Crippen LogP contribution in [0.4, 0.5) is 4.79 Å². The molecule has 0 heterocycles. The van der Waals surface area contributed by atoms with E-state index in [2.05, 4.69) is 17.6 Å². The Morgan fingerprint density at radius 3 is 2.81 bits per heavy atom. The van der Waals surface area contributed by atoms with E-state index in [1.54, 1.807) is 7.11 Å². The van der Waals surface area contributed by atoms with Gasteiger partial charge in [0.25, 0.3) is 0 Å². The zero-order valence-corrected chi connectivity index (χ0v) is 13.6. The molecule has 0 radical (unpaired) electrons. The lowest BCUT2D eigenvalue weighted by atomic mass is 10.1. The highest BCUT2D eigenvalue weighted by atomic mass is 32.2. The zero-order chi connectivity index (χ0) is 15.7. The topological polar surface area (TPSA) is 87.7 Å². The van der Waals surface area contributed by atoms with Gasteiger partial charge in [-0.25, -0.2) is 9.59 Å². The van der Waals surface area contributed by atoms with E-state index >= 15 is 0 Å². The fourth-order valence-electron chi connectivity index (χ4n) is 2.53. The average Bonchev–Trinajstić information content (AvgIpc) is 2.85. The quantitative estimate of drug-likeness (QED) is 0.565.